The Bertz CT molecular complexity index is 1090. The Kier molecular flexibility index (Phi) is 8.44. The Morgan fingerprint density at radius 3 is 2.42 bits per heavy atom. The molecule has 0 aliphatic rings. The van der Waals surface area contributed by atoms with Crippen LogP contribution in [-0.4, -0.2) is 18.7 Å². The van der Waals surface area contributed by atoms with E-state index in [2.05, 4.69) is 49.0 Å². The van der Waals surface area contributed by atoms with Crippen LogP contribution in [-0.2, 0) is 6.61 Å². The van der Waals surface area contributed by atoms with Gasteiger partial charge in [0.15, 0.2) is 0 Å². The lowest BCUT2D eigenvalue weighted by Crippen LogP contribution is -2.19. The van der Waals surface area contributed by atoms with Crippen molar-refractivity contribution in [2.45, 2.75) is 6.61 Å². The third kappa shape index (κ3) is 6.80. The predicted octanol–water partition coefficient (Wildman–Crippen LogP) is 6.12. The number of nitrogens with one attached hydrogen (secondary N) is 1. The number of benzene rings is 3. The summed E-state index contributed by atoms with van der Waals surface area (Å²) in [6, 6.07) is 20.6. The maximum Gasteiger partial charge on any atom is 0.275 e. The number of ether oxygens (including phenoxy) is 2. The smallest absolute Gasteiger partial charge is 0.275 e. The van der Waals surface area contributed by atoms with Crippen LogP contribution < -0.4 is 14.9 Å². The molecule has 3 rings (SSSR count). The van der Waals surface area contributed by atoms with Gasteiger partial charge in [0.1, 0.15) is 24.7 Å². The van der Waals surface area contributed by atoms with Crippen LogP contribution in [0.5, 0.6) is 11.5 Å². The van der Waals surface area contributed by atoms with Crippen LogP contribution in [0.25, 0.3) is 0 Å². The minimum absolute atomic E-state index is 0.355. The van der Waals surface area contributed by atoms with Crippen LogP contribution in [0.1, 0.15) is 21.5 Å². The molecular formula is C24H20Br2N2O3. The largest absolute Gasteiger partial charge is 0.489 e. The number of halogens is 2. The molecule has 0 aliphatic heterocycles. The second kappa shape index (κ2) is 11.5. The van der Waals surface area contributed by atoms with E-state index in [0.717, 1.165) is 14.5 Å². The summed E-state index contributed by atoms with van der Waals surface area (Å²) in [6.45, 7) is 4.38. The highest BCUT2D eigenvalue weighted by Crippen LogP contribution is 2.25. The van der Waals surface area contributed by atoms with Crippen LogP contribution in [0.3, 0.4) is 0 Å². The standard InChI is InChI=1S/C24H20Br2N2O3/c1-2-12-30-22-10-8-19(25)13-18(22)15-27-28-24(29)21-14-20(26)9-11-23(21)31-16-17-6-4-3-5-7-17/h2-11,13-15H,1,12,16H2,(H,28,29)/b27-15-. The van der Waals surface area contributed by atoms with Crippen molar-refractivity contribution in [1.29, 1.82) is 0 Å². The average Bonchev–Trinajstić information content (AvgIpc) is 2.78. The zero-order valence-corrected chi connectivity index (χ0v) is 19.7. The molecule has 0 saturated heterocycles. The zero-order valence-electron chi connectivity index (χ0n) is 16.6. The van der Waals surface area contributed by atoms with Crippen LogP contribution in [0.4, 0.5) is 0 Å². The molecule has 0 heterocycles. The summed E-state index contributed by atoms with van der Waals surface area (Å²) < 4.78 is 13.1. The van der Waals surface area contributed by atoms with Gasteiger partial charge in [-0.05, 0) is 42.0 Å². The van der Waals surface area contributed by atoms with E-state index in [1.807, 2.05) is 54.6 Å². The number of amides is 1. The molecule has 3 aromatic rings. The molecule has 0 fully saturated rings. The molecule has 7 heteroatoms. The maximum absolute atomic E-state index is 12.8. The zero-order chi connectivity index (χ0) is 22.1. The topological polar surface area (TPSA) is 59.9 Å². The first-order valence-corrected chi connectivity index (χ1v) is 11.0. The van der Waals surface area contributed by atoms with Crippen LogP contribution in [0.15, 0.2) is 93.4 Å². The normalized spacial score (nSPS) is 10.6. The molecular weight excluding hydrogens is 524 g/mol. The van der Waals surface area contributed by atoms with E-state index in [-0.39, 0.29) is 5.91 Å². The summed E-state index contributed by atoms with van der Waals surface area (Å²) in [7, 11) is 0. The number of rotatable bonds is 9. The van der Waals surface area contributed by atoms with Gasteiger partial charge in [0.05, 0.1) is 11.8 Å². The van der Waals surface area contributed by atoms with Gasteiger partial charge < -0.3 is 9.47 Å². The van der Waals surface area contributed by atoms with E-state index in [1.54, 1.807) is 18.2 Å². The van der Waals surface area contributed by atoms with Crippen molar-refractivity contribution in [2.24, 2.45) is 5.10 Å². The number of hydrogen-bond donors (Lipinski definition) is 1. The van der Waals surface area contributed by atoms with Gasteiger partial charge in [0.25, 0.3) is 5.91 Å². The molecule has 0 aliphatic carbocycles. The lowest BCUT2D eigenvalue weighted by Gasteiger charge is -2.11. The Morgan fingerprint density at radius 2 is 1.68 bits per heavy atom. The average molecular weight is 544 g/mol. The molecule has 0 aromatic heterocycles. The number of carbonyl (C=O) groups excluding carboxylic acids is 1. The number of hydrazone groups is 1. The highest BCUT2D eigenvalue weighted by Gasteiger charge is 2.13. The molecule has 3 aromatic carbocycles. The highest BCUT2D eigenvalue weighted by atomic mass is 79.9. The molecule has 31 heavy (non-hydrogen) atoms. The van der Waals surface area contributed by atoms with Gasteiger partial charge >= 0.3 is 0 Å². The van der Waals surface area contributed by atoms with Crippen molar-refractivity contribution >= 4 is 44.0 Å². The number of carbonyl (C=O) groups is 1. The van der Waals surface area contributed by atoms with Gasteiger partial charge in [0, 0.05) is 14.5 Å². The van der Waals surface area contributed by atoms with Crippen molar-refractivity contribution in [3.63, 3.8) is 0 Å². The second-order valence-corrected chi connectivity index (χ2v) is 8.23. The summed E-state index contributed by atoms with van der Waals surface area (Å²) in [6.07, 6.45) is 3.19. The Balaban J connectivity index is 1.72. The fourth-order valence-corrected chi connectivity index (χ4v) is 3.40. The van der Waals surface area contributed by atoms with Crippen molar-refractivity contribution in [3.05, 3.63) is 105 Å². The summed E-state index contributed by atoms with van der Waals surface area (Å²) in [4.78, 5) is 12.8. The Hall–Kier alpha value is -2.90. The van der Waals surface area contributed by atoms with Gasteiger partial charge in [-0.1, -0.05) is 74.8 Å². The van der Waals surface area contributed by atoms with E-state index in [0.29, 0.717) is 35.8 Å². The predicted molar refractivity (Wildman–Crippen MR) is 130 cm³/mol. The maximum atomic E-state index is 12.8. The summed E-state index contributed by atoms with van der Waals surface area (Å²) in [5.41, 5.74) is 4.65. The van der Waals surface area contributed by atoms with Crippen LogP contribution in [0, 0.1) is 0 Å². The van der Waals surface area contributed by atoms with Crippen molar-refractivity contribution in [3.8, 4) is 11.5 Å². The minimum atomic E-state index is -0.385. The van der Waals surface area contributed by atoms with E-state index < -0.39 is 0 Å². The summed E-state index contributed by atoms with van der Waals surface area (Å²) >= 11 is 6.83. The monoisotopic (exact) mass is 542 g/mol. The van der Waals surface area contributed by atoms with E-state index in [1.165, 1.54) is 6.21 Å². The molecule has 1 amide bonds. The fraction of sp³-hybridized carbons (Fsp3) is 0.0833. The van der Waals surface area contributed by atoms with Gasteiger partial charge in [0.2, 0.25) is 0 Å². The van der Waals surface area contributed by atoms with E-state index >= 15 is 0 Å². The molecule has 0 radical (unpaired) electrons. The number of hydrogen-bond acceptors (Lipinski definition) is 4. The fourth-order valence-electron chi connectivity index (χ4n) is 2.66. The van der Waals surface area contributed by atoms with Crippen molar-refractivity contribution in [2.75, 3.05) is 6.61 Å². The lowest BCUT2D eigenvalue weighted by molar-refractivity contribution is 0.0950. The Labute approximate surface area is 198 Å². The first-order valence-electron chi connectivity index (χ1n) is 9.39. The third-order valence-electron chi connectivity index (χ3n) is 4.12. The van der Waals surface area contributed by atoms with E-state index in [9.17, 15) is 4.79 Å². The third-order valence-corrected chi connectivity index (χ3v) is 5.11. The molecule has 0 saturated carbocycles. The lowest BCUT2D eigenvalue weighted by atomic mass is 10.2. The molecule has 0 bridgehead atoms. The molecule has 1 N–H and O–H groups in total. The molecule has 5 nitrogen and oxygen atoms in total. The summed E-state index contributed by atoms with van der Waals surface area (Å²) in [5.74, 6) is 0.719. The van der Waals surface area contributed by atoms with E-state index in [4.69, 9.17) is 9.47 Å². The van der Waals surface area contributed by atoms with Gasteiger partial charge in [-0.2, -0.15) is 5.10 Å². The van der Waals surface area contributed by atoms with Crippen LogP contribution >= 0.6 is 31.9 Å². The minimum Gasteiger partial charge on any atom is -0.489 e. The second-order valence-electron chi connectivity index (χ2n) is 6.40. The SMILES string of the molecule is C=CCOc1ccc(Br)cc1/C=N\NC(=O)c1cc(Br)ccc1OCc1ccccc1. The first kappa shape index (κ1) is 22.8. The van der Waals surface area contributed by atoms with Crippen LogP contribution in [0.2, 0.25) is 0 Å². The first-order chi connectivity index (χ1) is 15.1. The van der Waals surface area contributed by atoms with Crippen molar-refractivity contribution < 1.29 is 14.3 Å². The summed E-state index contributed by atoms with van der Waals surface area (Å²) in [5, 5.41) is 4.09. The van der Waals surface area contributed by atoms with Crippen molar-refractivity contribution in [1.82, 2.24) is 5.43 Å². The van der Waals surface area contributed by atoms with Gasteiger partial charge in [-0.15, -0.1) is 0 Å². The molecule has 0 unspecified atom stereocenters. The quantitative estimate of drug-likeness (QED) is 0.201. The molecule has 158 valence electrons. The van der Waals surface area contributed by atoms with Gasteiger partial charge in [-0.3, -0.25) is 4.79 Å². The van der Waals surface area contributed by atoms with Gasteiger partial charge in [-0.25, -0.2) is 5.43 Å². The highest BCUT2D eigenvalue weighted by molar-refractivity contribution is 9.10. The molecule has 0 atom stereocenters. The number of nitrogens with zero attached hydrogens (tertiary/aromatic N) is 1. The Morgan fingerprint density at radius 1 is 0.968 bits per heavy atom. The molecule has 0 spiro atoms.